The first-order chi connectivity index (χ1) is 8.35. The molecule has 3 heteroatoms. The van der Waals surface area contributed by atoms with Crippen LogP contribution in [0.25, 0.3) is 0 Å². The molecule has 0 atom stereocenters. The number of hydrogen-bond donors (Lipinski definition) is 2. The summed E-state index contributed by atoms with van der Waals surface area (Å²) in [5.41, 5.74) is 5.21. The molecular formula is C14H33N3. The highest BCUT2D eigenvalue weighted by Gasteiger charge is 2.07. The lowest BCUT2D eigenvalue weighted by Gasteiger charge is -2.26. The zero-order chi connectivity index (χ0) is 12.8. The first kappa shape index (κ1) is 16.9. The molecule has 0 saturated carbocycles. The van der Waals surface area contributed by atoms with E-state index in [9.17, 15) is 0 Å². The van der Waals surface area contributed by atoms with E-state index < -0.39 is 0 Å². The Kier molecular flexibility index (Phi) is 13.8. The number of hydrogen-bond acceptors (Lipinski definition) is 3. The Morgan fingerprint density at radius 3 is 2.00 bits per heavy atom. The molecule has 0 radical (unpaired) electrons. The third-order valence-corrected chi connectivity index (χ3v) is 3.10. The maximum absolute atomic E-state index is 5.21. The fourth-order valence-corrected chi connectivity index (χ4v) is 1.91. The fraction of sp³-hybridized carbons (Fsp3) is 1.00. The van der Waals surface area contributed by atoms with Gasteiger partial charge in [-0.15, -0.1) is 0 Å². The number of nitrogens with zero attached hydrogens (tertiary/aromatic N) is 1. The Morgan fingerprint density at radius 1 is 0.941 bits per heavy atom. The van der Waals surface area contributed by atoms with Crippen LogP contribution < -0.4 is 11.1 Å². The van der Waals surface area contributed by atoms with Crippen LogP contribution in [0.2, 0.25) is 0 Å². The molecule has 0 unspecified atom stereocenters. The normalized spacial score (nSPS) is 16.4. The summed E-state index contributed by atoms with van der Waals surface area (Å²) in [6.07, 6.45) is 7.87. The summed E-state index contributed by atoms with van der Waals surface area (Å²) >= 11 is 0. The minimum Gasteiger partial charge on any atom is -0.330 e. The van der Waals surface area contributed by atoms with E-state index in [1.54, 1.807) is 0 Å². The third-order valence-electron chi connectivity index (χ3n) is 3.10. The number of unbranched alkanes of at least 4 members (excludes halogenated alkanes) is 4. The highest BCUT2D eigenvalue weighted by Crippen LogP contribution is 1.98. The van der Waals surface area contributed by atoms with E-state index in [0.29, 0.717) is 0 Å². The molecule has 1 fully saturated rings. The highest BCUT2D eigenvalue weighted by molar-refractivity contribution is 4.66. The lowest BCUT2D eigenvalue weighted by molar-refractivity contribution is 0.236. The molecule has 104 valence electrons. The molecule has 0 aromatic heterocycles. The van der Waals surface area contributed by atoms with Gasteiger partial charge in [-0.05, 0) is 25.9 Å². The molecule has 0 bridgehead atoms. The van der Waals surface area contributed by atoms with Gasteiger partial charge in [-0.1, -0.05) is 39.5 Å². The standard InChI is InChI=1S/C9H20N2.C5H13N/c1-2-3-4-7-11-8-5-10-6-9-11;1-2-3-4-5-6/h10H,2-9H2,1H3;2-6H2,1H3. The average Bonchev–Trinajstić information content (AvgIpc) is 2.39. The average molecular weight is 243 g/mol. The van der Waals surface area contributed by atoms with Gasteiger partial charge in [0, 0.05) is 26.2 Å². The highest BCUT2D eigenvalue weighted by atomic mass is 15.2. The van der Waals surface area contributed by atoms with Gasteiger partial charge in [0.25, 0.3) is 0 Å². The molecule has 3 nitrogen and oxygen atoms in total. The van der Waals surface area contributed by atoms with Crippen LogP contribution in [0.15, 0.2) is 0 Å². The second kappa shape index (κ2) is 13.9. The summed E-state index contributed by atoms with van der Waals surface area (Å²) < 4.78 is 0. The van der Waals surface area contributed by atoms with E-state index in [0.717, 1.165) is 6.54 Å². The molecule has 1 saturated heterocycles. The zero-order valence-corrected chi connectivity index (χ0v) is 12.0. The number of rotatable bonds is 7. The van der Waals surface area contributed by atoms with Gasteiger partial charge < -0.3 is 16.0 Å². The van der Waals surface area contributed by atoms with Crippen molar-refractivity contribution in [2.45, 2.75) is 52.4 Å². The summed E-state index contributed by atoms with van der Waals surface area (Å²) in [6.45, 7) is 11.5. The van der Waals surface area contributed by atoms with Gasteiger partial charge in [0.1, 0.15) is 0 Å². The van der Waals surface area contributed by atoms with Gasteiger partial charge in [0.2, 0.25) is 0 Å². The number of nitrogens with two attached hydrogens (primary N) is 1. The van der Waals surface area contributed by atoms with E-state index in [2.05, 4.69) is 24.1 Å². The maximum atomic E-state index is 5.21. The lowest BCUT2D eigenvalue weighted by Crippen LogP contribution is -2.43. The lowest BCUT2D eigenvalue weighted by atomic mass is 10.2. The zero-order valence-electron chi connectivity index (χ0n) is 12.0. The minimum absolute atomic E-state index is 0.855. The van der Waals surface area contributed by atoms with Crippen LogP contribution in [0.5, 0.6) is 0 Å². The second-order valence-corrected chi connectivity index (χ2v) is 4.79. The Morgan fingerprint density at radius 2 is 1.53 bits per heavy atom. The number of nitrogens with one attached hydrogen (secondary N) is 1. The molecule has 0 aromatic rings. The molecule has 1 aliphatic rings. The van der Waals surface area contributed by atoms with Crippen LogP contribution in [0, 0.1) is 0 Å². The van der Waals surface area contributed by atoms with E-state index in [-0.39, 0.29) is 0 Å². The molecule has 17 heavy (non-hydrogen) atoms. The molecule has 1 aliphatic heterocycles. The van der Waals surface area contributed by atoms with Crippen molar-refractivity contribution in [1.29, 1.82) is 0 Å². The smallest absolute Gasteiger partial charge is 0.0107 e. The van der Waals surface area contributed by atoms with Crippen LogP contribution in [-0.4, -0.2) is 44.2 Å². The summed E-state index contributed by atoms with van der Waals surface area (Å²) in [5.74, 6) is 0. The molecule has 1 heterocycles. The minimum atomic E-state index is 0.855. The molecule has 0 aromatic carbocycles. The Bertz CT molecular complexity index is 129. The van der Waals surface area contributed by atoms with Crippen molar-refractivity contribution in [3.63, 3.8) is 0 Å². The van der Waals surface area contributed by atoms with E-state index in [4.69, 9.17) is 5.73 Å². The van der Waals surface area contributed by atoms with Crippen molar-refractivity contribution in [3.8, 4) is 0 Å². The third kappa shape index (κ3) is 12.1. The maximum Gasteiger partial charge on any atom is 0.0107 e. The van der Waals surface area contributed by atoms with E-state index in [1.807, 2.05) is 0 Å². The molecule has 0 amide bonds. The van der Waals surface area contributed by atoms with Crippen LogP contribution >= 0.6 is 0 Å². The predicted octanol–water partition coefficient (Wildman–Crippen LogP) is 2.22. The molecule has 3 N–H and O–H groups in total. The summed E-state index contributed by atoms with van der Waals surface area (Å²) in [4.78, 5) is 2.56. The summed E-state index contributed by atoms with van der Waals surface area (Å²) in [5, 5.41) is 3.36. The van der Waals surface area contributed by atoms with Gasteiger partial charge in [-0.3, -0.25) is 0 Å². The van der Waals surface area contributed by atoms with Gasteiger partial charge >= 0.3 is 0 Å². The summed E-state index contributed by atoms with van der Waals surface area (Å²) in [7, 11) is 0. The van der Waals surface area contributed by atoms with Gasteiger partial charge in [-0.2, -0.15) is 0 Å². The Labute approximate surface area is 108 Å². The Hall–Kier alpha value is -0.120. The van der Waals surface area contributed by atoms with Crippen LogP contribution in [0.3, 0.4) is 0 Å². The van der Waals surface area contributed by atoms with Gasteiger partial charge in [-0.25, -0.2) is 0 Å². The van der Waals surface area contributed by atoms with Gasteiger partial charge in [0.05, 0.1) is 0 Å². The number of piperazine rings is 1. The SMILES string of the molecule is CCCCCN.CCCCCN1CCNCC1. The first-order valence-corrected chi connectivity index (χ1v) is 7.48. The van der Waals surface area contributed by atoms with Gasteiger partial charge in [0.15, 0.2) is 0 Å². The molecule has 0 aliphatic carbocycles. The van der Waals surface area contributed by atoms with Crippen molar-refractivity contribution in [2.75, 3.05) is 39.3 Å². The predicted molar refractivity (Wildman–Crippen MR) is 77.4 cm³/mol. The Balaban J connectivity index is 0.000000366. The summed E-state index contributed by atoms with van der Waals surface area (Å²) in [6, 6.07) is 0. The largest absolute Gasteiger partial charge is 0.330 e. The van der Waals surface area contributed by atoms with E-state index in [1.165, 1.54) is 71.2 Å². The van der Waals surface area contributed by atoms with E-state index >= 15 is 0 Å². The van der Waals surface area contributed by atoms with Crippen molar-refractivity contribution in [3.05, 3.63) is 0 Å². The topological polar surface area (TPSA) is 41.3 Å². The fourth-order valence-electron chi connectivity index (χ4n) is 1.91. The van der Waals surface area contributed by atoms with Crippen LogP contribution in [0.1, 0.15) is 52.4 Å². The molecular weight excluding hydrogens is 210 g/mol. The van der Waals surface area contributed by atoms with Crippen molar-refractivity contribution >= 4 is 0 Å². The molecule has 0 spiro atoms. The van der Waals surface area contributed by atoms with Crippen LogP contribution in [0.4, 0.5) is 0 Å². The van der Waals surface area contributed by atoms with Crippen molar-refractivity contribution in [2.24, 2.45) is 5.73 Å². The molecule has 1 rings (SSSR count). The second-order valence-electron chi connectivity index (χ2n) is 4.79. The van der Waals surface area contributed by atoms with Crippen molar-refractivity contribution < 1.29 is 0 Å². The monoisotopic (exact) mass is 243 g/mol. The van der Waals surface area contributed by atoms with Crippen molar-refractivity contribution in [1.82, 2.24) is 10.2 Å². The first-order valence-electron chi connectivity index (χ1n) is 7.48. The van der Waals surface area contributed by atoms with Crippen LogP contribution in [-0.2, 0) is 0 Å². The quantitative estimate of drug-likeness (QED) is 0.674.